The zero-order valence-electron chi connectivity index (χ0n) is 19.4. The standard InChI is InChI=1S/C26H27FN4O3.ClH/c1-17-5-6-19(15-22(17)27)25(32)21-3-2-4-23(28)24(21)30-26(33)34-16-18-9-13-31(14-10-18)20-7-11-29-12-8-20;/h2-8,11-12,15,18H,9-10,13-14,16,28H2,1H3,(H,30,33);1H. The van der Waals surface area contributed by atoms with Crippen LogP contribution in [0, 0.1) is 18.7 Å². The van der Waals surface area contributed by atoms with E-state index >= 15 is 0 Å². The first-order valence-electron chi connectivity index (χ1n) is 11.2. The predicted octanol–water partition coefficient (Wildman–Crippen LogP) is 5.23. The SMILES string of the molecule is Cc1ccc(C(=O)c2cccc(N)c2NC(=O)OCC2CCN(c3ccncc3)CC2)cc1F.Cl. The smallest absolute Gasteiger partial charge is 0.411 e. The highest BCUT2D eigenvalue weighted by Gasteiger charge is 2.22. The van der Waals surface area contributed by atoms with Crippen molar-refractivity contribution >= 4 is 41.3 Å². The number of ketones is 1. The van der Waals surface area contributed by atoms with Crippen molar-refractivity contribution in [3.05, 3.63) is 83.4 Å². The number of nitrogens with two attached hydrogens (primary N) is 1. The van der Waals surface area contributed by atoms with Crippen LogP contribution >= 0.6 is 12.4 Å². The largest absolute Gasteiger partial charge is 0.449 e. The molecule has 0 radical (unpaired) electrons. The number of anilines is 3. The second-order valence-electron chi connectivity index (χ2n) is 8.42. The molecule has 0 atom stereocenters. The highest BCUT2D eigenvalue weighted by atomic mass is 35.5. The first-order valence-corrected chi connectivity index (χ1v) is 11.2. The van der Waals surface area contributed by atoms with Crippen LogP contribution in [-0.2, 0) is 4.74 Å². The van der Waals surface area contributed by atoms with Crippen molar-refractivity contribution < 1.29 is 18.7 Å². The minimum atomic E-state index is -0.682. The number of ether oxygens (including phenoxy) is 1. The quantitative estimate of drug-likeness (QED) is 0.357. The Hall–Kier alpha value is -3.65. The first kappa shape index (κ1) is 26.0. The Morgan fingerprint density at radius 1 is 1.14 bits per heavy atom. The van der Waals surface area contributed by atoms with Crippen LogP contribution in [0.2, 0.25) is 0 Å². The summed E-state index contributed by atoms with van der Waals surface area (Å²) in [6, 6.07) is 13.0. The molecule has 3 aromatic rings. The van der Waals surface area contributed by atoms with Gasteiger partial charge in [-0.3, -0.25) is 15.1 Å². The molecular weight excluding hydrogens is 471 g/mol. The first-order chi connectivity index (χ1) is 16.4. The van der Waals surface area contributed by atoms with Crippen LogP contribution in [0.15, 0.2) is 60.9 Å². The number of hydrogen-bond donors (Lipinski definition) is 2. The van der Waals surface area contributed by atoms with Crippen molar-refractivity contribution in [1.29, 1.82) is 0 Å². The Kier molecular flexibility index (Phi) is 8.65. The number of benzene rings is 2. The summed E-state index contributed by atoms with van der Waals surface area (Å²) in [6.45, 7) is 3.64. The average molecular weight is 499 g/mol. The highest BCUT2D eigenvalue weighted by Crippen LogP contribution is 2.27. The molecular formula is C26H28ClFN4O3. The Morgan fingerprint density at radius 2 is 1.86 bits per heavy atom. The number of carbonyl (C=O) groups is 2. The van der Waals surface area contributed by atoms with E-state index < -0.39 is 17.7 Å². The van der Waals surface area contributed by atoms with Gasteiger partial charge in [-0.15, -0.1) is 12.4 Å². The van der Waals surface area contributed by atoms with Crippen molar-refractivity contribution in [2.45, 2.75) is 19.8 Å². The van der Waals surface area contributed by atoms with Gasteiger partial charge in [0.15, 0.2) is 5.78 Å². The fraction of sp³-hybridized carbons (Fsp3) is 0.269. The zero-order valence-corrected chi connectivity index (χ0v) is 20.2. The van der Waals surface area contributed by atoms with E-state index in [4.69, 9.17) is 10.5 Å². The van der Waals surface area contributed by atoms with Crippen LogP contribution < -0.4 is 16.0 Å². The summed E-state index contributed by atoms with van der Waals surface area (Å²) in [7, 11) is 0. The number of hydrogen-bond acceptors (Lipinski definition) is 6. The maximum absolute atomic E-state index is 14.0. The van der Waals surface area contributed by atoms with Gasteiger partial charge in [0, 0.05) is 42.3 Å². The molecule has 184 valence electrons. The lowest BCUT2D eigenvalue weighted by Gasteiger charge is -2.33. The third-order valence-electron chi connectivity index (χ3n) is 6.09. The molecule has 0 spiro atoms. The lowest BCUT2D eigenvalue weighted by molar-refractivity contribution is 0.103. The second kappa shape index (κ2) is 11.7. The number of para-hydroxylation sites is 1. The van der Waals surface area contributed by atoms with Crippen molar-refractivity contribution in [1.82, 2.24) is 4.98 Å². The van der Waals surface area contributed by atoms with Gasteiger partial charge < -0.3 is 15.4 Å². The van der Waals surface area contributed by atoms with Gasteiger partial charge in [0.05, 0.1) is 18.0 Å². The molecule has 1 amide bonds. The summed E-state index contributed by atoms with van der Waals surface area (Å²) in [6.07, 6.45) is 4.66. The molecule has 1 aromatic heterocycles. The molecule has 4 rings (SSSR count). The van der Waals surface area contributed by atoms with Crippen LogP contribution in [0.25, 0.3) is 0 Å². The minimum Gasteiger partial charge on any atom is -0.449 e. The van der Waals surface area contributed by atoms with Crippen molar-refractivity contribution in [2.75, 3.05) is 35.6 Å². The molecule has 3 N–H and O–H groups in total. The summed E-state index contributed by atoms with van der Waals surface area (Å²) in [5.74, 6) is -0.669. The van der Waals surface area contributed by atoms with E-state index in [1.807, 2.05) is 12.1 Å². The van der Waals surface area contributed by atoms with E-state index in [9.17, 15) is 14.0 Å². The maximum Gasteiger partial charge on any atom is 0.411 e. The van der Waals surface area contributed by atoms with Crippen LogP contribution in [-0.4, -0.2) is 36.6 Å². The van der Waals surface area contributed by atoms with Crippen molar-refractivity contribution in [3.8, 4) is 0 Å². The van der Waals surface area contributed by atoms with Gasteiger partial charge in [-0.2, -0.15) is 0 Å². The molecule has 7 nitrogen and oxygen atoms in total. The molecule has 35 heavy (non-hydrogen) atoms. The normalized spacial score (nSPS) is 13.6. The molecule has 0 saturated carbocycles. The third-order valence-corrected chi connectivity index (χ3v) is 6.09. The molecule has 1 fully saturated rings. The Bertz CT molecular complexity index is 1180. The van der Waals surface area contributed by atoms with E-state index in [0.29, 0.717) is 5.56 Å². The number of aromatic nitrogens is 1. The van der Waals surface area contributed by atoms with Gasteiger partial charge in [0.2, 0.25) is 0 Å². The number of aryl methyl sites for hydroxylation is 1. The van der Waals surface area contributed by atoms with Crippen molar-refractivity contribution in [2.24, 2.45) is 5.92 Å². The molecule has 0 aliphatic carbocycles. The number of rotatable bonds is 6. The summed E-state index contributed by atoms with van der Waals surface area (Å²) in [4.78, 5) is 31.9. The number of amides is 1. The van der Waals surface area contributed by atoms with E-state index in [1.165, 1.54) is 12.1 Å². The Balaban J connectivity index is 0.00000342. The molecule has 0 unspecified atom stereocenters. The molecule has 2 aromatic carbocycles. The highest BCUT2D eigenvalue weighted by molar-refractivity contribution is 6.15. The molecule has 1 aliphatic rings. The average Bonchev–Trinajstić information content (AvgIpc) is 2.86. The number of halogens is 2. The Morgan fingerprint density at radius 3 is 2.54 bits per heavy atom. The number of pyridine rings is 1. The molecule has 9 heteroatoms. The zero-order chi connectivity index (χ0) is 24.1. The predicted molar refractivity (Wildman–Crippen MR) is 137 cm³/mol. The minimum absolute atomic E-state index is 0. The van der Waals surface area contributed by atoms with Crippen molar-refractivity contribution in [3.63, 3.8) is 0 Å². The topological polar surface area (TPSA) is 97.5 Å². The van der Waals surface area contributed by atoms with Crippen LogP contribution in [0.4, 0.5) is 26.2 Å². The Labute approximate surface area is 209 Å². The molecule has 1 aliphatic heterocycles. The summed E-state index contributed by atoms with van der Waals surface area (Å²) in [5.41, 5.74) is 8.35. The maximum atomic E-state index is 14.0. The summed E-state index contributed by atoms with van der Waals surface area (Å²) >= 11 is 0. The second-order valence-corrected chi connectivity index (χ2v) is 8.42. The number of carbonyl (C=O) groups excluding carboxylic acids is 2. The fourth-order valence-corrected chi connectivity index (χ4v) is 4.03. The van der Waals surface area contributed by atoms with Crippen LogP contribution in [0.3, 0.4) is 0 Å². The molecule has 2 heterocycles. The molecule has 1 saturated heterocycles. The van der Waals surface area contributed by atoms with E-state index in [2.05, 4.69) is 15.2 Å². The molecule has 0 bridgehead atoms. The van der Waals surface area contributed by atoms with Gasteiger partial charge >= 0.3 is 6.09 Å². The summed E-state index contributed by atoms with van der Waals surface area (Å²) < 4.78 is 19.4. The number of nitrogens with zero attached hydrogens (tertiary/aromatic N) is 2. The van der Waals surface area contributed by atoms with Gasteiger partial charge in [-0.25, -0.2) is 9.18 Å². The van der Waals surface area contributed by atoms with E-state index in [-0.39, 0.29) is 47.4 Å². The van der Waals surface area contributed by atoms with Crippen LogP contribution in [0.1, 0.15) is 34.3 Å². The number of piperidine rings is 1. The van der Waals surface area contributed by atoms with Gasteiger partial charge in [-0.1, -0.05) is 18.2 Å². The van der Waals surface area contributed by atoms with Gasteiger partial charge in [0.25, 0.3) is 0 Å². The third kappa shape index (κ3) is 6.27. The van der Waals surface area contributed by atoms with E-state index in [0.717, 1.165) is 31.6 Å². The van der Waals surface area contributed by atoms with Crippen LogP contribution in [0.5, 0.6) is 0 Å². The lowest BCUT2D eigenvalue weighted by atomic mass is 9.97. The number of nitrogens with one attached hydrogen (secondary N) is 1. The monoisotopic (exact) mass is 498 g/mol. The number of nitrogen functional groups attached to an aromatic ring is 1. The lowest BCUT2D eigenvalue weighted by Crippen LogP contribution is -2.35. The van der Waals surface area contributed by atoms with Gasteiger partial charge in [0.1, 0.15) is 5.82 Å². The van der Waals surface area contributed by atoms with E-state index in [1.54, 1.807) is 43.6 Å². The fourth-order valence-electron chi connectivity index (χ4n) is 4.03. The van der Waals surface area contributed by atoms with Gasteiger partial charge in [-0.05, 0) is 61.6 Å². The summed E-state index contributed by atoms with van der Waals surface area (Å²) in [5, 5.41) is 2.61.